The van der Waals surface area contributed by atoms with Gasteiger partial charge in [-0.1, -0.05) is 21.9 Å². The fourth-order valence-electron chi connectivity index (χ4n) is 1.87. The van der Waals surface area contributed by atoms with Crippen LogP contribution in [0.15, 0.2) is 22.3 Å². The fourth-order valence-corrected chi connectivity index (χ4v) is 4.78. The van der Waals surface area contributed by atoms with Crippen molar-refractivity contribution in [3.63, 3.8) is 0 Å². The molecule has 2 aliphatic rings. The van der Waals surface area contributed by atoms with Gasteiger partial charge in [0.1, 0.15) is 0 Å². The monoisotopic (exact) mass is 312 g/mol. The molecule has 2 aliphatic heterocycles. The highest BCUT2D eigenvalue weighted by Gasteiger charge is 2.16. The maximum Gasteiger partial charge on any atom is 0.0198 e. The van der Waals surface area contributed by atoms with Crippen molar-refractivity contribution in [3.8, 4) is 0 Å². The van der Waals surface area contributed by atoms with Gasteiger partial charge >= 0.3 is 0 Å². The topological polar surface area (TPSA) is 0 Å². The van der Waals surface area contributed by atoms with E-state index in [1.54, 1.807) is 5.57 Å². The van der Waals surface area contributed by atoms with Crippen molar-refractivity contribution in [3.05, 3.63) is 39.0 Å². The SMILES string of the molecule is C1=Cc2cccc3c2C(=CI=1)CSC3. The van der Waals surface area contributed by atoms with E-state index in [9.17, 15) is 0 Å². The Hall–Kier alpha value is -0.310. The molecule has 0 nitrogen and oxygen atoms in total. The molecule has 0 aliphatic carbocycles. The summed E-state index contributed by atoms with van der Waals surface area (Å²) in [6, 6.07) is 6.64. The van der Waals surface area contributed by atoms with Gasteiger partial charge in [-0.3, -0.25) is 0 Å². The van der Waals surface area contributed by atoms with E-state index in [1.807, 2.05) is 11.8 Å². The van der Waals surface area contributed by atoms with Crippen LogP contribution in [0.1, 0.15) is 16.7 Å². The number of benzene rings is 1. The average molecular weight is 312 g/mol. The summed E-state index contributed by atoms with van der Waals surface area (Å²) < 4.78 is 5.85. The van der Waals surface area contributed by atoms with Crippen molar-refractivity contribution in [2.45, 2.75) is 5.75 Å². The largest absolute Gasteiger partial charge is 0.152 e. The quantitative estimate of drug-likeness (QED) is 0.659. The second-order valence-electron chi connectivity index (χ2n) is 3.37. The molecule has 0 radical (unpaired) electrons. The van der Waals surface area contributed by atoms with Crippen molar-refractivity contribution in [2.24, 2.45) is 0 Å². The first kappa shape index (κ1) is 8.96. The van der Waals surface area contributed by atoms with Crippen LogP contribution in [0.3, 0.4) is 0 Å². The van der Waals surface area contributed by atoms with Crippen LogP contribution in [-0.2, 0) is 5.75 Å². The normalized spacial score (nSPS) is 17.9. The minimum Gasteiger partial charge on any atom is -0.152 e. The summed E-state index contributed by atoms with van der Waals surface area (Å²) >= 11 is 2.06. The molecule has 0 spiro atoms. The molecule has 0 N–H and O–H groups in total. The molecule has 0 saturated carbocycles. The lowest BCUT2D eigenvalue weighted by Gasteiger charge is -2.19. The average Bonchev–Trinajstić information content (AvgIpc) is 2.44. The Labute approximate surface area is 97.8 Å². The van der Waals surface area contributed by atoms with E-state index in [4.69, 9.17) is 0 Å². The third-order valence-electron chi connectivity index (χ3n) is 2.48. The number of thioether (sulfide) groups is 1. The van der Waals surface area contributed by atoms with Crippen LogP contribution in [0.5, 0.6) is 0 Å². The lowest BCUT2D eigenvalue weighted by molar-refractivity contribution is 1.33. The van der Waals surface area contributed by atoms with E-state index in [2.05, 4.69) is 32.0 Å². The maximum atomic E-state index is 3.42. The van der Waals surface area contributed by atoms with E-state index in [0.717, 1.165) is 0 Å². The summed E-state index contributed by atoms with van der Waals surface area (Å²) in [5, 5.41) is 0. The molecule has 0 unspecified atom stereocenters. The maximum absolute atomic E-state index is 3.42. The Morgan fingerprint density at radius 2 is 2.29 bits per heavy atom. The molecule has 2 heteroatoms. The first-order valence-corrected chi connectivity index (χ1v) is 8.03. The Morgan fingerprint density at radius 1 is 1.29 bits per heavy atom. The molecule has 14 heavy (non-hydrogen) atoms. The molecule has 1 aromatic rings. The first-order chi connectivity index (χ1) is 6.95. The zero-order valence-corrected chi connectivity index (χ0v) is 10.6. The number of hydrogen-bond donors (Lipinski definition) is 0. The van der Waals surface area contributed by atoms with E-state index in [1.165, 1.54) is 28.2 Å². The van der Waals surface area contributed by atoms with Crippen molar-refractivity contribution < 1.29 is 0 Å². The fraction of sp³-hybridized carbons (Fsp3) is 0.167. The van der Waals surface area contributed by atoms with Crippen molar-refractivity contribution in [2.75, 3.05) is 5.75 Å². The number of halogens is 1. The van der Waals surface area contributed by atoms with Gasteiger partial charge in [-0.25, -0.2) is 0 Å². The third kappa shape index (κ3) is 1.42. The molecule has 0 fully saturated rings. The van der Waals surface area contributed by atoms with Gasteiger partial charge in [0.15, 0.2) is 0 Å². The van der Waals surface area contributed by atoms with Crippen LogP contribution in [0.25, 0.3) is 11.6 Å². The van der Waals surface area contributed by atoms with Crippen molar-refractivity contribution in [1.82, 2.24) is 0 Å². The van der Waals surface area contributed by atoms with Gasteiger partial charge in [0.2, 0.25) is 0 Å². The Morgan fingerprint density at radius 3 is 3.29 bits per heavy atom. The molecular weight excluding hydrogens is 303 g/mol. The third-order valence-corrected chi connectivity index (χ3v) is 5.24. The van der Waals surface area contributed by atoms with Crippen LogP contribution in [-0.4, -0.2) is 9.42 Å². The number of rotatable bonds is 0. The highest BCUT2D eigenvalue weighted by molar-refractivity contribution is 14.2. The molecule has 0 aromatic heterocycles. The smallest absolute Gasteiger partial charge is 0.0198 e. The molecule has 70 valence electrons. The Balaban J connectivity index is 2.35. The highest BCUT2D eigenvalue weighted by Crippen LogP contribution is 2.37. The summed E-state index contributed by atoms with van der Waals surface area (Å²) in [4.78, 5) is 0. The van der Waals surface area contributed by atoms with Gasteiger partial charge in [-0.05, 0) is 53.2 Å². The van der Waals surface area contributed by atoms with Crippen LogP contribution in [0, 0.1) is 0 Å². The van der Waals surface area contributed by atoms with Gasteiger partial charge in [0, 0.05) is 11.5 Å². The van der Waals surface area contributed by atoms with E-state index in [0.29, 0.717) is 0 Å². The van der Waals surface area contributed by atoms with Gasteiger partial charge in [0.05, 0.1) is 0 Å². The molecule has 2 heterocycles. The van der Waals surface area contributed by atoms with Crippen molar-refractivity contribution >= 4 is 47.8 Å². The molecular formula is C12H9IS. The molecule has 0 amide bonds. The van der Waals surface area contributed by atoms with E-state index >= 15 is 0 Å². The minimum atomic E-state index is 0.0326. The molecule has 0 saturated heterocycles. The lowest BCUT2D eigenvalue weighted by atomic mass is 9.96. The van der Waals surface area contributed by atoms with E-state index in [-0.39, 0.29) is 20.7 Å². The molecule has 1 aromatic carbocycles. The lowest BCUT2D eigenvalue weighted by Crippen LogP contribution is -2.02. The Bertz CT molecular complexity index is 479. The number of hydrogen-bond acceptors (Lipinski definition) is 1. The van der Waals surface area contributed by atoms with Gasteiger partial charge in [-0.2, -0.15) is 11.8 Å². The molecule has 0 bridgehead atoms. The Kier molecular flexibility index (Phi) is 2.36. The van der Waals surface area contributed by atoms with Crippen LogP contribution in [0.4, 0.5) is 0 Å². The predicted molar refractivity (Wildman–Crippen MR) is 74.1 cm³/mol. The van der Waals surface area contributed by atoms with Crippen LogP contribution < -0.4 is 0 Å². The van der Waals surface area contributed by atoms with Crippen molar-refractivity contribution in [1.29, 1.82) is 0 Å². The first-order valence-electron chi connectivity index (χ1n) is 4.55. The summed E-state index contributed by atoms with van der Waals surface area (Å²) in [7, 11) is 0. The highest BCUT2D eigenvalue weighted by atomic mass is 127. The predicted octanol–water partition coefficient (Wildman–Crippen LogP) is 3.67. The van der Waals surface area contributed by atoms with E-state index < -0.39 is 0 Å². The van der Waals surface area contributed by atoms with Gasteiger partial charge < -0.3 is 0 Å². The summed E-state index contributed by atoms with van der Waals surface area (Å²) in [6.45, 7) is 0. The van der Waals surface area contributed by atoms with Crippen LogP contribution in [0.2, 0.25) is 0 Å². The van der Waals surface area contributed by atoms with Gasteiger partial charge in [0.25, 0.3) is 0 Å². The summed E-state index contributed by atoms with van der Waals surface area (Å²) in [5.74, 6) is 2.37. The molecule has 3 rings (SSSR count). The zero-order chi connectivity index (χ0) is 9.38. The summed E-state index contributed by atoms with van der Waals surface area (Å²) in [5.41, 5.74) is 5.96. The minimum absolute atomic E-state index is 0.0326. The standard InChI is InChI=1S/C12H9IS/c1-2-9-4-5-13-6-11-8-14-7-10(3-1)12(9)11/h1-4,6H,7-8H2. The summed E-state index contributed by atoms with van der Waals surface area (Å²) in [6.07, 6.45) is 2.19. The second kappa shape index (κ2) is 3.69. The van der Waals surface area contributed by atoms with Crippen LogP contribution >= 0.6 is 32.5 Å². The van der Waals surface area contributed by atoms with Gasteiger partial charge in [-0.15, -0.1) is 0 Å². The molecule has 0 atom stereocenters. The zero-order valence-electron chi connectivity index (χ0n) is 7.59. The second-order valence-corrected chi connectivity index (χ2v) is 6.23.